The van der Waals surface area contributed by atoms with Gasteiger partial charge in [-0.2, -0.15) is 0 Å². The quantitative estimate of drug-likeness (QED) is 0.626. The predicted molar refractivity (Wildman–Crippen MR) is 92.9 cm³/mol. The highest BCUT2D eigenvalue weighted by molar-refractivity contribution is 9.10. The van der Waals surface area contributed by atoms with Gasteiger partial charge in [0.2, 0.25) is 5.88 Å². The van der Waals surface area contributed by atoms with E-state index >= 15 is 0 Å². The average Bonchev–Trinajstić information content (AvgIpc) is 2.54. The monoisotopic (exact) mass is 353 g/mol. The third-order valence-corrected chi connectivity index (χ3v) is 3.85. The summed E-state index contributed by atoms with van der Waals surface area (Å²) >= 11 is 3.51. The van der Waals surface area contributed by atoms with Gasteiger partial charge in [-0.15, -0.1) is 0 Å². The van der Waals surface area contributed by atoms with E-state index in [9.17, 15) is 0 Å². The van der Waals surface area contributed by atoms with Gasteiger partial charge in [-0.25, -0.2) is 4.98 Å². The van der Waals surface area contributed by atoms with Crippen molar-refractivity contribution in [1.82, 2.24) is 4.98 Å². The van der Waals surface area contributed by atoms with Gasteiger partial charge < -0.3 is 4.74 Å². The number of ether oxygens (including phenoxy) is 1. The summed E-state index contributed by atoms with van der Waals surface area (Å²) in [6.45, 7) is 2.48. The summed E-state index contributed by atoms with van der Waals surface area (Å²) in [5.41, 5.74) is 4.17. The number of hydrogen-bond acceptors (Lipinski definition) is 2. The molecule has 3 rings (SSSR count). The average molecular weight is 354 g/mol. The molecule has 0 spiro atoms. The zero-order valence-corrected chi connectivity index (χ0v) is 13.9. The molecule has 1 aromatic heterocycles. The standard InChI is InChI=1S/C19H16BrNO/c1-14-10-11-18(16-8-5-9-17(20)12-16)19(21-14)22-13-15-6-3-2-4-7-15/h2-12H,13H2,1H3. The van der Waals surface area contributed by atoms with Crippen LogP contribution in [0.3, 0.4) is 0 Å². The van der Waals surface area contributed by atoms with E-state index in [1.165, 1.54) is 0 Å². The maximum Gasteiger partial charge on any atom is 0.221 e. The Bertz CT molecular complexity index is 771. The molecule has 0 fully saturated rings. The Balaban J connectivity index is 1.91. The third-order valence-electron chi connectivity index (χ3n) is 3.35. The molecule has 0 atom stereocenters. The summed E-state index contributed by atoms with van der Waals surface area (Å²) in [6, 6.07) is 22.3. The van der Waals surface area contributed by atoms with Crippen LogP contribution >= 0.6 is 15.9 Å². The van der Waals surface area contributed by atoms with Crippen molar-refractivity contribution < 1.29 is 4.74 Å². The van der Waals surface area contributed by atoms with E-state index in [0.29, 0.717) is 12.5 Å². The second-order valence-electron chi connectivity index (χ2n) is 5.09. The lowest BCUT2D eigenvalue weighted by Crippen LogP contribution is -2.00. The van der Waals surface area contributed by atoms with Crippen molar-refractivity contribution in [2.75, 3.05) is 0 Å². The highest BCUT2D eigenvalue weighted by atomic mass is 79.9. The van der Waals surface area contributed by atoms with Crippen molar-refractivity contribution in [3.8, 4) is 17.0 Å². The van der Waals surface area contributed by atoms with E-state index in [-0.39, 0.29) is 0 Å². The number of hydrogen-bond donors (Lipinski definition) is 0. The molecule has 0 N–H and O–H groups in total. The van der Waals surface area contributed by atoms with E-state index in [0.717, 1.165) is 26.9 Å². The SMILES string of the molecule is Cc1ccc(-c2cccc(Br)c2)c(OCc2ccccc2)n1. The molecule has 0 aliphatic rings. The van der Waals surface area contributed by atoms with Gasteiger partial charge in [-0.1, -0.05) is 58.4 Å². The molecule has 2 aromatic carbocycles. The van der Waals surface area contributed by atoms with E-state index in [1.54, 1.807) is 0 Å². The number of halogens is 1. The fourth-order valence-electron chi connectivity index (χ4n) is 2.24. The molecule has 0 saturated carbocycles. The highest BCUT2D eigenvalue weighted by Crippen LogP contribution is 2.30. The molecule has 22 heavy (non-hydrogen) atoms. The predicted octanol–water partition coefficient (Wildman–Crippen LogP) is 5.40. The molecular weight excluding hydrogens is 338 g/mol. The molecule has 2 nitrogen and oxygen atoms in total. The molecule has 0 aliphatic carbocycles. The normalized spacial score (nSPS) is 10.5. The molecule has 0 amide bonds. The third kappa shape index (κ3) is 3.55. The van der Waals surface area contributed by atoms with Crippen LogP contribution in [0.5, 0.6) is 5.88 Å². The van der Waals surface area contributed by atoms with Gasteiger partial charge in [0.15, 0.2) is 0 Å². The lowest BCUT2D eigenvalue weighted by molar-refractivity contribution is 0.295. The van der Waals surface area contributed by atoms with Crippen LogP contribution in [0.2, 0.25) is 0 Å². The van der Waals surface area contributed by atoms with Crippen molar-refractivity contribution >= 4 is 15.9 Å². The molecule has 3 aromatic rings. The summed E-state index contributed by atoms with van der Waals surface area (Å²) in [5.74, 6) is 0.668. The molecule has 0 unspecified atom stereocenters. The fourth-order valence-corrected chi connectivity index (χ4v) is 2.64. The van der Waals surface area contributed by atoms with Gasteiger partial charge in [0.1, 0.15) is 6.61 Å². The molecule has 0 bridgehead atoms. The summed E-state index contributed by atoms with van der Waals surface area (Å²) in [4.78, 5) is 4.56. The topological polar surface area (TPSA) is 22.1 Å². The smallest absolute Gasteiger partial charge is 0.221 e. The van der Waals surface area contributed by atoms with Crippen molar-refractivity contribution in [2.45, 2.75) is 13.5 Å². The van der Waals surface area contributed by atoms with Crippen LogP contribution in [0.1, 0.15) is 11.3 Å². The van der Waals surface area contributed by atoms with Gasteiger partial charge >= 0.3 is 0 Å². The number of benzene rings is 2. The molecule has 1 heterocycles. The molecular formula is C19H16BrNO. The van der Waals surface area contributed by atoms with Crippen molar-refractivity contribution in [1.29, 1.82) is 0 Å². The van der Waals surface area contributed by atoms with E-state index < -0.39 is 0 Å². The van der Waals surface area contributed by atoms with Crippen molar-refractivity contribution in [3.63, 3.8) is 0 Å². The van der Waals surface area contributed by atoms with E-state index in [2.05, 4.69) is 51.2 Å². The first-order valence-electron chi connectivity index (χ1n) is 7.13. The van der Waals surface area contributed by atoms with Gasteiger partial charge in [-0.3, -0.25) is 0 Å². The van der Waals surface area contributed by atoms with Crippen LogP contribution in [-0.4, -0.2) is 4.98 Å². The van der Waals surface area contributed by atoms with Crippen LogP contribution in [0, 0.1) is 6.92 Å². The first-order valence-corrected chi connectivity index (χ1v) is 7.92. The summed E-state index contributed by atoms with van der Waals surface area (Å²) in [6.07, 6.45) is 0. The number of pyridine rings is 1. The minimum absolute atomic E-state index is 0.512. The Kier molecular flexibility index (Phi) is 4.54. The van der Waals surface area contributed by atoms with Crippen LogP contribution in [-0.2, 0) is 6.61 Å². The Morgan fingerprint density at radius 3 is 2.55 bits per heavy atom. The van der Waals surface area contributed by atoms with Gasteiger partial charge in [0, 0.05) is 15.7 Å². The van der Waals surface area contributed by atoms with Crippen LogP contribution in [0.4, 0.5) is 0 Å². The zero-order valence-electron chi connectivity index (χ0n) is 12.3. The van der Waals surface area contributed by atoms with Gasteiger partial charge in [0.05, 0.1) is 0 Å². The first kappa shape index (κ1) is 14.8. The highest BCUT2D eigenvalue weighted by Gasteiger charge is 2.09. The largest absolute Gasteiger partial charge is 0.472 e. The number of aryl methyl sites for hydroxylation is 1. The summed E-state index contributed by atoms with van der Waals surface area (Å²) in [7, 11) is 0. The maximum atomic E-state index is 5.97. The summed E-state index contributed by atoms with van der Waals surface area (Å²) < 4.78 is 7.01. The maximum absolute atomic E-state index is 5.97. The lowest BCUT2D eigenvalue weighted by Gasteiger charge is -2.12. The Morgan fingerprint density at radius 1 is 0.955 bits per heavy atom. The minimum atomic E-state index is 0.512. The first-order chi connectivity index (χ1) is 10.7. The summed E-state index contributed by atoms with van der Waals surface area (Å²) in [5, 5.41) is 0. The minimum Gasteiger partial charge on any atom is -0.472 e. The fraction of sp³-hybridized carbons (Fsp3) is 0.105. The van der Waals surface area contributed by atoms with Crippen molar-refractivity contribution in [3.05, 3.63) is 82.5 Å². The van der Waals surface area contributed by atoms with E-state index in [1.807, 2.05) is 43.3 Å². The Labute approximate surface area is 138 Å². The molecule has 0 saturated heterocycles. The van der Waals surface area contributed by atoms with Crippen LogP contribution < -0.4 is 4.74 Å². The number of aromatic nitrogens is 1. The second-order valence-corrected chi connectivity index (χ2v) is 6.01. The molecule has 0 radical (unpaired) electrons. The van der Waals surface area contributed by atoms with Crippen LogP contribution in [0.25, 0.3) is 11.1 Å². The Hall–Kier alpha value is -2.13. The van der Waals surface area contributed by atoms with Crippen molar-refractivity contribution in [2.24, 2.45) is 0 Å². The molecule has 110 valence electrons. The Morgan fingerprint density at radius 2 is 1.77 bits per heavy atom. The van der Waals surface area contributed by atoms with Crippen LogP contribution in [0.15, 0.2) is 71.2 Å². The second kappa shape index (κ2) is 6.75. The molecule has 0 aliphatic heterocycles. The lowest BCUT2D eigenvalue weighted by atomic mass is 10.1. The number of rotatable bonds is 4. The molecule has 3 heteroatoms. The van der Waals surface area contributed by atoms with E-state index in [4.69, 9.17) is 4.74 Å². The number of nitrogens with zero attached hydrogens (tertiary/aromatic N) is 1. The van der Waals surface area contributed by atoms with Gasteiger partial charge in [-0.05, 0) is 42.3 Å². The zero-order chi connectivity index (χ0) is 15.4. The van der Waals surface area contributed by atoms with Gasteiger partial charge in [0.25, 0.3) is 0 Å².